The van der Waals surface area contributed by atoms with Gasteiger partial charge < -0.3 is 15.0 Å². The molecular formula is C6H5O5-. The van der Waals surface area contributed by atoms with E-state index in [1.54, 1.807) is 0 Å². The third kappa shape index (κ3) is 2.21. The van der Waals surface area contributed by atoms with Crippen LogP contribution in [-0.2, 0) is 14.4 Å². The summed E-state index contributed by atoms with van der Waals surface area (Å²) in [7, 11) is 0. The minimum Gasteiger partial charge on any atom is -0.545 e. The standard InChI is InChI=1S/C6H6O5/c1-2-3(5(8)9)4(7)6(10)11/h2H,1H3,(H,8,9)(H,10,11)/p-1. The molecule has 0 spiro atoms. The van der Waals surface area contributed by atoms with Gasteiger partial charge in [0.25, 0.3) is 5.78 Å². The Kier molecular flexibility index (Phi) is 2.98. The molecule has 0 aromatic rings. The SMILES string of the molecule is CC=C(C(=O)[O-])C(=O)C(=O)O. The Balaban J connectivity index is 4.69. The number of allylic oxidation sites excluding steroid dienone is 1. The molecular weight excluding hydrogens is 152 g/mol. The van der Waals surface area contributed by atoms with Crippen LogP contribution in [0.2, 0.25) is 0 Å². The van der Waals surface area contributed by atoms with E-state index < -0.39 is 23.3 Å². The Morgan fingerprint density at radius 3 is 1.91 bits per heavy atom. The van der Waals surface area contributed by atoms with Crippen molar-refractivity contribution in [3.8, 4) is 0 Å². The smallest absolute Gasteiger partial charge is 0.377 e. The highest BCUT2D eigenvalue weighted by Crippen LogP contribution is 1.94. The Bertz CT molecular complexity index is 237. The van der Waals surface area contributed by atoms with Crippen molar-refractivity contribution in [1.29, 1.82) is 0 Å². The quantitative estimate of drug-likeness (QED) is 0.229. The first-order valence-corrected chi connectivity index (χ1v) is 2.66. The second-order valence-electron chi connectivity index (χ2n) is 1.62. The fourth-order valence-electron chi connectivity index (χ4n) is 0.457. The van der Waals surface area contributed by atoms with Crippen LogP contribution in [-0.4, -0.2) is 22.8 Å². The molecule has 0 saturated carbocycles. The van der Waals surface area contributed by atoms with E-state index in [1.807, 2.05) is 0 Å². The lowest BCUT2D eigenvalue weighted by molar-refractivity contribution is -0.298. The predicted molar refractivity (Wildman–Crippen MR) is 31.4 cm³/mol. The minimum atomic E-state index is -1.80. The third-order valence-electron chi connectivity index (χ3n) is 0.947. The number of hydrogen-bond donors (Lipinski definition) is 1. The highest BCUT2D eigenvalue weighted by molar-refractivity contribution is 6.45. The number of hydrogen-bond acceptors (Lipinski definition) is 4. The van der Waals surface area contributed by atoms with E-state index in [1.165, 1.54) is 6.92 Å². The number of carboxylic acid groups (broad SMARTS) is 2. The number of aliphatic carboxylic acids is 2. The first kappa shape index (κ1) is 9.35. The zero-order valence-electron chi connectivity index (χ0n) is 5.66. The third-order valence-corrected chi connectivity index (χ3v) is 0.947. The molecule has 0 aliphatic rings. The van der Waals surface area contributed by atoms with Crippen molar-refractivity contribution in [1.82, 2.24) is 0 Å². The summed E-state index contributed by atoms with van der Waals surface area (Å²) >= 11 is 0. The van der Waals surface area contributed by atoms with Crippen molar-refractivity contribution in [2.24, 2.45) is 0 Å². The lowest BCUT2D eigenvalue weighted by Crippen LogP contribution is -2.31. The maximum atomic E-state index is 10.4. The molecule has 0 aliphatic carbocycles. The molecule has 0 aromatic heterocycles. The van der Waals surface area contributed by atoms with Gasteiger partial charge in [-0.05, 0) is 6.92 Å². The van der Waals surface area contributed by atoms with Crippen LogP contribution in [0.4, 0.5) is 0 Å². The number of carbonyl (C=O) groups is 3. The van der Waals surface area contributed by atoms with Crippen LogP contribution in [0.5, 0.6) is 0 Å². The van der Waals surface area contributed by atoms with E-state index in [9.17, 15) is 19.5 Å². The minimum absolute atomic E-state index is 0.836. The predicted octanol–water partition coefficient (Wildman–Crippen LogP) is -1.66. The molecule has 0 unspecified atom stereocenters. The normalized spacial score (nSPS) is 10.8. The second kappa shape index (κ2) is 3.50. The molecule has 0 bridgehead atoms. The van der Waals surface area contributed by atoms with E-state index in [0.717, 1.165) is 6.08 Å². The maximum absolute atomic E-state index is 10.4. The Morgan fingerprint density at radius 1 is 1.36 bits per heavy atom. The molecule has 0 radical (unpaired) electrons. The summed E-state index contributed by atoms with van der Waals surface area (Å²) in [6.45, 7) is 1.24. The lowest BCUT2D eigenvalue weighted by Gasteiger charge is -2.01. The van der Waals surface area contributed by atoms with Gasteiger partial charge in [0, 0.05) is 5.57 Å². The zero-order valence-corrected chi connectivity index (χ0v) is 5.66. The van der Waals surface area contributed by atoms with Crippen LogP contribution in [0, 0.1) is 0 Å². The van der Waals surface area contributed by atoms with E-state index in [-0.39, 0.29) is 0 Å². The molecule has 11 heavy (non-hydrogen) atoms. The molecule has 0 saturated heterocycles. The van der Waals surface area contributed by atoms with E-state index >= 15 is 0 Å². The molecule has 0 amide bonds. The summed E-state index contributed by atoms with van der Waals surface area (Å²) in [5, 5.41) is 18.1. The summed E-state index contributed by atoms with van der Waals surface area (Å²) < 4.78 is 0. The van der Waals surface area contributed by atoms with Crippen molar-refractivity contribution in [2.75, 3.05) is 0 Å². The fraction of sp³-hybridized carbons (Fsp3) is 0.167. The topological polar surface area (TPSA) is 94.5 Å². The number of carboxylic acids is 2. The Labute approximate surface area is 61.9 Å². The summed E-state index contributed by atoms with van der Waals surface area (Å²) in [6, 6.07) is 0. The number of Topliss-reactive ketones (excluding diaryl/α,β-unsaturated/α-hetero) is 1. The van der Waals surface area contributed by atoms with Crippen molar-refractivity contribution in [3.63, 3.8) is 0 Å². The zero-order chi connectivity index (χ0) is 9.02. The molecule has 0 atom stereocenters. The molecule has 0 rings (SSSR count). The van der Waals surface area contributed by atoms with Gasteiger partial charge in [-0.1, -0.05) is 6.08 Å². The highest BCUT2D eigenvalue weighted by Gasteiger charge is 2.16. The Morgan fingerprint density at radius 2 is 1.82 bits per heavy atom. The fourth-order valence-corrected chi connectivity index (χ4v) is 0.457. The van der Waals surface area contributed by atoms with Gasteiger partial charge in [0.15, 0.2) is 0 Å². The molecule has 0 aromatic carbocycles. The van der Waals surface area contributed by atoms with Gasteiger partial charge in [-0.15, -0.1) is 0 Å². The van der Waals surface area contributed by atoms with Crippen LogP contribution in [0.15, 0.2) is 11.6 Å². The molecule has 0 heterocycles. The second-order valence-corrected chi connectivity index (χ2v) is 1.62. The average molecular weight is 157 g/mol. The molecule has 5 nitrogen and oxygen atoms in total. The van der Waals surface area contributed by atoms with Gasteiger partial charge in [0.2, 0.25) is 0 Å². The van der Waals surface area contributed by atoms with Crippen molar-refractivity contribution in [2.45, 2.75) is 6.92 Å². The molecule has 0 fully saturated rings. The van der Waals surface area contributed by atoms with Gasteiger partial charge in [-0.3, -0.25) is 4.79 Å². The maximum Gasteiger partial charge on any atom is 0.377 e. The van der Waals surface area contributed by atoms with Crippen molar-refractivity contribution >= 4 is 17.7 Å². The summed E-state index contributed by atoms with van der Waals surface area (Å²) in [6.07, 6.45) is 0.881. The van der Waals surface area contributed by atoms with Crippen LogP contribution in [0.3, 0.4) is 0 Å². The van der Waals surface area contributed by atoms with Gasteiger partial charge in [0.05, 0.1) is 5.97 Å². The number of rotatable bonds is 3. The van der Waals surface area contributed by atoms with Crippen molar-refractivity contribution < 1.29 is 24.6 Å². The Hall–Kier alpha value is -1.65. The summed E-state index contributed by atoms with van der Waals surface area (Å²) in [5.41, 5.74) is -0.836. The van der Waals surface area contributed by atoms with E-state index in [2.05, 4.69) is 0 Å². The van der Waals surface area contributed by atoms with Gasteiger partial charge in [-0.25, -0.2) is 4.79 Å². The van der Waals surface area contributed by atoms with Crippen LogP contribution < -0.4 is 5.11 Å². The summed E-state index contributed by atoms with van der Waals surface area (Å²) in [4.78, 5) is 30.4. The largest absolute Gasteiger partial charge is 0.545 e. The first-order valence-electron chi connectivity index (χ1n) is 2.66. The van der Waals surface area contributed by atoms with Crippen LogP contribution in [0.25, 0.3) is 0 Å². The van der Waals surface area contributed by atoms with Gasteiger partial charge in [0.1, 0.15) is 0 Å². The molecule has 5 heteroatoms. The van der Waals surface area contributed by atoms with E-state index in [4.69, 9.17) is 5.11 Å². The average Bonchev–Trinajstić information content (AvgIpc) is 1.88. The monoisotopic (exact) mass is 157 g/mol. The van der Waals surface area contributed by atoms with Crippen molar-refractivity contribution in [3.05, 3.63) is 11.6 Å². The number of ketones is 1. The van der Waals surface area contributed by atoms with Gasteiger partial charge in [-0.2, -0.15) is 0 Å². The summed E-state index contributed by atoms with van der Waals surface area (Å²) in [5.74, 6) is -5.05. The number of carbonyl (C=O) groups excluding carboxylic acids is 2. The van der Waals surface area contributed by atoms with Gasteiger partial charge >= 0.3 is 5.97 Å². The lowest BCUT2D eigenvalue weighted by atomic mass is 10.1. The molecule has 60 valence electrons. The van der Waals surface area contributed by atoms with Crippen LogP contribution in [0.1, 0.15) is 6.92 Å². The highest BCUT2D eigenvalue weighted by atomic mass is 16.4. The first-order chi connectivity index (χ1) is 5.00. The molecule has 0 aliphatic heterocycles. The van der Waals surface area contributed by atoms with E-state index in [0.29, 0.717) is 0 Å². The van der Waals surface area contributed by atoms with Crippen LogP contribution >= 0.6 is 0 Å². The molecule has 1 N–H and O–H groups in total.